The van der Waals surface area contributed by atoms with E-state index in [9.17, 15) is 14.7 Å². The Labute approximate surface area is 149 Å². The van der Waals surface area contributed by atoms with E-state index in [1.54, 1.807) is 0 Å². The lowest BCUT2D eigenvalue weighted by Crippen LogP contribution is -2.44. The molecule has 2 rings (SSSR count). The SMILES string of the molecule is CC(=O)N(c1ccc(N2CCCCC2)cc1)C(CCCCN)C(=O)O. The van der Waals surface area contributed by atoms with Gasteiger partial charge in [-0.15, -0.1) is 0 Å². The second-order valence-corrected chi connectivity index (χ2v) is 6.59. The molecule has 0 aromatic heterocycles. The molecule has 1 saturated heterocycles. The molecule has 1 aliphatic rings. The number of unbranched alkanes of at least 4 members (excludes halogenated alkanes) is 1. The average Bonchev–Trinajstić information content (AvgIpc) is 2.61. The molecule has 25 heavy (non-hydrogen) atoms. The number of hydrogen-bond acceptors (Lipinski definition) is 4. The zero-order valence-electron chi connectivity index (χ0n) is 15.0. The normalized spacial score (nSPS) is 15.7. The van der Waals surface area contributed by atoms with Gasteiger partial charge in [0.1, 0.15) is 6.04 Å². The number of nitrogens with two attached hydrogens (primary N) is 1. The van der Waals surface area contributed by atoms with Gasteiger partial charge in [0.2, 0.25) is 5.91 Å². The molecule has 1 fully saturated rings. The molecule has 1 heterocycles. The summed E-state index contributed by atoms with van der Waals surface area (Å²) in [5.74, 6) is -1.24. The number of carboxylic acids is 1. The van der Waals surface area contributed by atoms with Gasteiger partial charge in [0, 0.05) is 31.4 Å². The van der Waals surface area contributed by atoms with Gasteiger partial charge in [0.05, 0.1) is 0 Å². The third-order valence-corrected chi connectivity index (χ3v) is 4.72. The van der Waals surface area contributed by atoms with Gasteiger partial charge >= 0.3 is 5.97 Å². The first-order valence-corrected chi connectivity index (χ1v) is 9.12. The third kappa shape index (κ3) is 5.19. The van der Waals surface area contributed by atoms with E-state index in [0.717, 1.165) is 25.2 Å². The zero-order chi connectivity index (χ0) is 18.2. The van der Waals surface area contributed by atoms with E-state index in [4.69, 9.17) is 5.73 Å². The highest BCUT2D eigenvalue weighted by Crippen LogP contribution is 2.26. The van der Waals surface area contributed by atoms with Gasteiger partial charge in [-0.3, -0.25) is 9.69 Å². The number of piperidine rings is 1. The van der Waals surface area contributed by atoms with Crippen molar-refractivity contribution in [3.63, 3.8) is 0 Å². The first kappa shape index (κ1) is 19.2. The maximum atomic E-state index is 12.1. The summed E-state index contributed by atoms with van der Waals surface area (Å²) in [5.41, 5.74) is 7.25. The maximum Gasteiger partial charge on any atom is 0.326 e. The molecule has 6 heteroatoms. The van der Waals surface area contributed by atoms with Crippen molar-refractivity contribution in [3.05, 3.63) is 24.3 Å². The third-order valence-electron chi connectivity index (χ3n) is 4.72. The number of rotatable bonds is 8. The van der Waals surface area contributed by atoms with Crippen molar-refractivity contribution in [2.75, 3.05) is 29.4 Å². The molecule has 0 saturated carbocycles. The van der Waals surface area contributed by atoms with Gasteiger partial charge in [-0.1, -0.05) is 0 Å². The fraction of sp³-hybridized carbons (Fsp3) is 0.579. The van der Waals surface area contributed by atoms with Crippen molar-refractivity contribution in [1.82, 2.24) is 0 Å². The van der Waals surface area contributed by atoms with E-state index in [2.05, 4.69) is 4.90 Å². The average molecular weight is 347 g/mol. The molecule has 1 aromatic carbocycles. The minimum absolute atomic E-state index is 0.258. The monoisotopic (exact) mass is 347 g/mol. The van der Waals surface area contributed by atoms with E-state index in [-0.39, 0.29) is 5.91 Å². The summed E-state index contributed by atoms with van der Waals surface area (Å²) in [6, 6.07) is 6.81. The quantitative estimate of drug-likeness (QED) is 0.706. The highest BCUT2D eigenvalue weighted by Gasteiger charge is 2.28. The summed E-state index contributed by atoms with van der Waals surface area (Å²) in [5, 5.41) is 9.58. The van der Waals surface area contributed by atoms with Crippen LogP contribution in [0.25, 0.3) is 0 Å². The first-order valence-electron chi connectivity index (χ1n) is 9.12. The molecule has 1 amide bonds. The van der Waals surface area contributed by atoms with Crippen molar-refractivity contribution < 1.29 is 14.7 Å². The van der Waals surface area contributed by atoms with Gasteiger partial charge in [-0.2, -0.15) is 0 Å². The Kier molecular flexibility index (Phi) is 7.25. The van der Waals surface area contributed by atoms with Gasteiger partial charge in [-0.05, 0) is 69.3 Å². The van der Waals surface area contributed by atoms with Gasteiger partial charge in [0.25, 0.3) is 0 Å². The number of benzene rings is 1. The van der Waals surface area contributed by atoms with Crippen LogP contribution in [-0.4, -0.2) is 42.7 Å². The molecule has 3 N–H and O–H groups in total. The maximum absolute atomic E-state index is 12.1. The van der Waals surface area contributed by atoms with Crippen LogP contribution in [0.15, 0.2) is 24.3 Å². The Bertz CT molecular complexity index is 568. The van der Waals surface area contributed by atoms with Crippen molar-refractivity contribution in [3.8, 4) is 0 Å². The summed E-state index contributed by atoms with van der Waals surface area (Å²) in [6.07, 6.45) is 5.51. The van der Waals surface area contributed by atoms with Crippen molar-refractivity contribution in [1.29, 1.82) is 0 Å². The smallest absolute Gasteiger partial charge is 0.326 e. The fourth-order valence-corrected chi connectivity index (χ4v) is 3.40. The number of nitrogens with zero attached hydrogens (tertiary/aromatic N) is 2. The lowest BCUT2D eigenvalue weighted by molar-refractivity contribution is -0.140. The molecule has 1 atom stereocenters. The van der Waals surface area contributed by atoms with Crippen LogP contribution in [0.5, 0.6) is 0 Å². The van der Waals surface area contributed by atoms with Crippen LogP contribution >= 0.6 is 0 Å². The Morgan fingerprint density at radius 3 is 2.32 bits per heavy atom. The van der Waals surface area contributed by atoms with Crippen molar-refractivity contribution in [2.24, 2.45) is 5.73 Å². The summed E-state index contributed by atoms with van der Waals surface area (Å²) in [4.78, 5) is 27.6. The standard InChI is InChI=1S/C19H29N3O3/c1-15(23)22(18(19(24)25)7-3-4-12-20)17-10-8-16(9-11-17)21-13-5-2-6-14-21/h8-11,18H,2-7,12-14,20H2,1H3,(H,24,25). The molecule has 6 nitrogen and oxygen atoms in total. The highest BCUT2D eigenvalue weighted by molar-refractivity contribution is 5.97. The highest BCUT2D eigenvalue weighted by atomic mass is 16.4. The summed E-state index contributed by atoms with van der Waals surface area (Å²) < 4.78 is 0. The van der Waals surface area contributed by atoms with E-state index in [0.29, 0.717) is 25.1 Å². The number of carbonyl (C=O) groups excluding carboxylic acids is 1. The number of carbonyl (C=O) groups is 2. The predicted octanol–water partition coefficient (Wildman–Crippen LogP) is 2.61. The fourth-order valence-electron chi connectivity index (χ4n) is 3.40. The molecule has 0 radical (unpaired) electrons. The van der Waals surface area contributed by atoms with Gasteiger partial charge in [-0.25, -0.2) is 4.79 Å². The van der Waals surface area contributed by atoms with E-state index in [1.807, 2.05) is 24.3 Å². The van der Waals surface area contributed by atoms with Gasteiger partial charge in [0.15, 0.2) is 0 Å². The van der Waals surface area contributed by atoms with Crippen molar-refractivity contribution >= 4 is 23.3 Å². The van der Waals surface area contributed by atoms with Crippen LogP contribution in [0, 0.1) is 0 Å². The molecule has 138 valence electrons. The number of amides is 1. The zero-order valence-corrected chi connectivity index (χ0v) is 15.0. The van der Waals surface area contributed by atoms with Crippen LogP contribution in [-0.2, 0) is 9.59 Å². The Morgan fingerprint density at radius 2 is 1.80 bits per heavy atom. The van der Waals surface area contributed by atoms with E-state index >= 15 is 0 Å². The molecular weight excluding hydrogens is 318 g/mol. The second kappa shape index (κ2) is 9.42. The number of carboxylic acid groups (broad SMARTS) is 1. The Hall–Kier alpha value is -2.08. The number of anilines is 2. The Morgan fingerprint density at radius 1 is 1.16 bits per heavy atom. The molecule has 1 aliphatic heterocycles. The lowest BCUT2D eigenvalue weighted by Gasteiger charge is -2.31. The van der Waals surface area contributed by atoms with Crippen LogP contribution < -0.4 is 15.5 Å². The second-order valence-electron chi connectivity index (χ2n) is 6.59. The largest absolute Gasteiger partial charge is 0.480 e. The minimum atomic E-state index is -0.979. The van der Waals surface area contributed by atoms with E-state index < -0.39 is 12.0 Å². The number of hydrogen-bond donors (Lipinski definition) is 2. The molecular formula is C19H29N3O3. The number of aliphatic carboxylic acids is 1. The molecule has 1 unspecified atom stereocenters. The van der Waals surface area contributed by atoms with Crippen LogP contribution in [0.1, 0.15) is 45.4 Å². The lowest BCUT2D eigenvalue weighted by atomic mass is 10.1. The topological polar surface area (TPSA) is 86.9 Å². The molecule has 0 bridgehead atoms. The summed E-state index contributed by atoms with van der Waals surface area (Å²) in [6.45, 7) is 4.04. The molecule has 0 aliphatic carbocycles. The van der Waals surface area contributed by atoms with Crippen LogP contribution in [0.2, 0.25) is 0 Å². The minimum Gasteiger partial charge on any atom is -0.480 e. The van der Waals surface area contributed by atoms with E-state index in [1.165, 1.54) is 31.1 Å². The Balaban J connectivity index is 2.17. The molecule has 1 aromatic rings. The summed E-state index contributed by atoms with van der Waals surface area (Å²) in [7, 11) is 0. The summed E-state index contributed by atoms with van der Waals surface area (Å²) >= 11 is 0. The van der Waals surface area contributed by atoms with Crippen LogP contribution in [0.4, 0.5) is 11.4 Å². The predicted molar refractivity (Wildman–Crippen MR) is 100.0 cm³/mol. The van der Waals surface area contributed by atoms with Crippen molar-refractivity contribution in [2.45, 2.75) is 51.5 Å². The van der Waals surface area contributed by atoms with Gasteiger partial charge < -0.3 is 15.7 Å². The van der Waals surface area contributed by atoms with Crippen LogP contribution in [0.3, 0.4) is 0 Å². The molecule has 0 spiro atoms. The first-order chi connectivity index (χ1) is 12.0.